The molecule has 72 valence electrons. The maximum Gasteiger partial charge on any atom is 0.0490 e. The minimum atomic E-state index is 0.767. The van der Waals surface area contributed by atoms with Gasteiger partial charge in [0.25, 0.3) is 0 Å². The van der Waals surface area contributed by atoms with Gasteiger partial charge in [0, 0.05) is 24.5 Å². The Bertz CT molecular complexity index is 243. The van der Waals surface area contributed by atoms with Gasteiger partial charge in [-0.15, -0.1) is 0 Å². The third-order valence-electron chi connectivity index (χ3n) is 2.70. The second kappa shape index (κ2) is 3.92. The Balaban J connectivity index is 1.65. The van der Waals surface area contributed by atoms with E-state index in [9.17, 15) is 0 Å². The molecule has 1 saturated carbocycles. The zero-order chi connectivity index (χ0) is 9.10. The number of hydrogen-bond acceptors (Lipinski definition) is 2. The second-order valence-electron chi connectivity index (χ2n) is 3.85. The van der Waals surface area contributed by atoms with Crippen molar-refractivity contribution in [3.8, 4) is 0 Å². The first-order chi connectivity index (χ1) is 6.40. The van der Waals surface area contributed by atoms with Gasteiger partial charge < -0.3 is 5.32 Å². The Labute approximate surface area is 78.9 Å². The minimum Gasteiger partial charge on any atom is -0.308 e. The van der Waals surface area contributed by atoms with E-state index in [1.807, 2.05) is 6.07 Å². The van der Waals surface area contributed by atoms with Crippen molar-refractivity contribution < 1.29 is 0 Å². The summed E-state index contributed by atoms with van der Waals surface area (Å²) in [5, 5.41) is 10.4. The quantitative estimate of drug-likeness (QED) is 0.722. The fourth-order valence-corrected chi connectivity index (χ4v) is 1.81. The van der Waals surface area contributed by atoms with Crippen LogP contribution in [0.3, 0.4) is 0 Å². The third kappa shape index (κ3) is 2.31. The van der Waals surface area contributed by atoms with E-state index in [0.717, 1.165) is 18.5 Å². The number of aromatic amines is 1. The molecule has 0 radical (unpaired) electrons. The fourth-order valence-electron chi connectivity index (χ4n) is 1.81. The molecule has 13 heavy (non-hydrogen) atoms. The van der Waals surface area contributed by atoms with Gasteiger partial charge in [-0.25, -0.2) is 0 Å². The number of nitrogens with one attached hydrogen (secondary N) is 2. The fraction of sp³-hybridized carbons (Fsp3) is 0.700. The lowest BCUT2D eigenvalue weighted by Gasteiger charge is -2.00. The van der Waals surface area contributed by atoms with Gasteiger partial charge in [-0.3, -0.25) is 5.10 Å². The van der Waals surface area contributed by atoms with Crippen molar-refractivity contribution in [1.29, 1.82) is 0 Å². The molecule has 0 spiro atoms. The highest BCUT2D eigenvalue weighted by molar-refractivity contribution is 5.00. The smallest absolute Gasteiger partial charge is 0.0490 e. The van der Waals surface area contributed by atoms with Crippen LogP contribution in [0.1, 0.15) is 31.9 Å². The largest absolute Gasteiger partial charge is 0.308 e. The van der Waals surface area contributed by atoms with Gasteiger partial charge in [0.1, 0.15) is 0 Å². The highest BCUT2D eigenvalue weighted by atomic mass is 15.1. The molecule has 2 N–H and O–H groups in total. The van der Waals surface area contributed by atoms with E-state index in [2.05, 4.69) is 22.4 Å². The standard InChI is InChI=1S/C10H17N3/c1-2-3-8-6-10(8)11-7-9-4-5-12-13-9/h4-5,8,10-11H,2-3,6-7H2,1H3,(H,12,13). The average molecular weight is 179 g/mol. The molecule has 1 aliphatic rings. The van der Waals surface area contributed by atoms with Crippen LogP contribution in [-0.2, 0) is 6.54 Å². The summed E-state index contributed by atoms with van der Waals surface area (Å²) in [6, 6.07) is 2.78. The highest BCUT2D eigenvalue weighted by Gasteiger charge is 2.35. The van der Waals surface area contributed by atoms with Crippen molar-refractivity contribution in [3.63, 3.8) is 0 Å². The molecule has 3 heteroatoms. The van der Waals surface area contributed by atoms with E-state index in [0.29, 0.717) is 0 Å². The van der Waals surface area contributed by atoms with E-state index < -0.39 is 0 Å². The van der Waals surface area contributed by atoms with Gasteiger partial charge in [-0.2, -0.15) is 5.10 Å². The normalized spacial score (nSPS) is 26.2. The SMILES string of the molecule is CCCC1CC1NCc1ccn[nH]1. The summed E-state index contributed by atoms with van der Waals surface area (Å²) in [4.78, 5) is 0. The summed E-state index contributed by atoms with van der Waals surface area (Å²) in [7, 11) is 0. The molecular weight excluding hydrogens is 162 g/mol. The van der Waals surface area contributed by atoms with Crippen LogP contribution in [0.15, 0.2) is 12.3 Å². The number of hydrogen-bond donors (Lipinski definition) is 2. The average Bonchev–Trinajstić information content (AvgIpc) is 2.66. The monoisotopic (exact) mass is 179 g/mol. The summed E-state index contributed by atoms with van der Waals surface area (Å²) >= 11 is 0. The van der Waals surface area contributed by atoms with Crippen LogP contribution in [0.5, 0.6) is 0 Å². The summed E-state index contributed by atoms with van der Waals surface area (Å²) in [5.41, 5.74) is 1.18. The first-order valence-corrected chi connectivity index (χ1v) is 5.11. The Hall–Kier alpha value is -0.830. The molecule has 3 nitrogen and oxygen atoms in total. The van der Waals surface area contributed by atoms with Crippen LogP contribution in [0.25, 0.3) is 0 Å². The molecule has 1 aromatic heterocycles. The van der Waals surface area contributed by atoms with Crippen molar-refractivity contribution in [2.24, 2.45) is 5.92 Å². The zero-order valence-corrected chi connectivity index (χ0v) is 8.09. The molecule has 2 atom stereocenters. The Kier molecular flexibility index (Phi) is 2.64. The predicted octanol–water partition coefficient (Wildman–Crippen LogP) is 1.69. The molecule has 0 bridgehead atoms. The van der Waals surface area contributed by atoms with Crippen molar-refractivity contribution in [3.05, 3.63) is 18.0 Å². The summed E-state index contributed by atoms with van der Waals surface area (Å²) in [6.07, 6.45) is 5.85. The molecule has 0 amide bonds. The van der Waals surface area contributed by atoms with Crippen molar-refractivity contribution in [2.45, 2.75) is 38.8 Å². The lowest BCUT2D eigenvalue weighted by molar-refractivity contribution is 0.593. The van der Waals surface area contributed by atoms with Crippen molar-refractivity contribution in [1.82, 2.24) is 15.5 Å². The molecule has 1 heterocycles. The van der Waals surface area contributed by atoms with Gasteiger partial charge in [-0.1, -0.05) is 13.3 Å². The Morgan fingerprint density at radius 2 is 2.62 bits per heavy atom. The summed E-state index contributed by atoms with van der Waals surface area (Å²) < 4.78 is 0. The number of nitrogens with zero attached hydrogens (tertiary/aromatic N) is 1. The molecule has 2 rings (SSSR count). The van der Waals surface area contributed by atoms with Crippen LogP contribution in [0, 0.1) is 5.92 Å². The van der Waals surface area contributed by atoms with E-state index in [-0.39, 0.29) is 0 Å². The van der Waals surface area contributed by atoms with E-state index in [1.54, 1.807) is 6.20 Å². The Morgan fingerprint density at radius 1 is 1.69 bits per heavy atom. The molecule has 1 aromatic rings. The lowest BCUT2D eigenvalue weighted by atomic mass is 10.2. The van der Waals surface area contributed by atoms with E-state index in [1.165, 1.54) is 25.0 Å². The van der Waals surface area contributed by atoms with Gasteiger partial charge in [0.05, 0.1) is 0 Å². The second-order valence-corrected chi connectivity index (χ2v) is 3.85. The molecule has 0 aliphatic heterocycles. The number of rotatable bonds is 5. The third-order valence-corrected chi connectivity index (χ3v) is 2.70. The predicted molar refractivity (Wildman–Crippen MR) is 52.2 cm³/mol. The molecule has 1 fully saturated rings. The topological polar surface area (TPSA) is 40.7 Å². The first-order valence-electron chi connectivity index (χ1n) is 5.11. The van der Waals surface area contributed by atoms with Crippen molar-refractivity contribution >= 4 is 0 Å². The van der Waals surface area contributed by atoms with Crippen LogP contribution in [-0.4, -0.2) is 16.2 Å². The van der Waals surface area contributed by atoms with Gasteiger partial charge in [0.2, 0.25) is 0 Å². The molecule has 1 aliphatic carbocycles. The van der Waals surface area contributed by atoms with Crippen LogP contribution >= 0.6 is 0 Å². The van der Waals surface area contributed by atoms with Crippen LogP contribution in [0.4, 0.5) is 0 Å². The highest BCUT2D eigenvalue weighted by Crippen LogP contribution is 2.34. The maximum absolute atomic E-state index is 3.91. The van der Waals surface area contributed by atoms with Gasteiger partial charge in [-0.05, 0) is 24.8 Å². The van der Waals surface area contributed by atoms with E-state index in [4.69, 9.17) is 0 Å². The van der Waals surface area contributed by atoms with Gasteiger partial charge in [0.15, 0.2) is 0 Å². The molecule has 0 aromatic carbocycles. The summed E-state index contributed by atoms with van der Waals surface area (Å²) in [5.74, 6) is 0.938. The Morgan fingerprint density at radius 3 is 3.31 bits per heavy atom. The summed E-state index contributed by atoms with van der Waals surface area (Å²) in [6.45, 7) is 3.19. The number of aromatic nitrogens is 2. The van der Waals surface area contributed by atoms with Gasteiger partial charge >= 0.3 is 0 Å². The maximum atomic E-state index is 3.91. The lowest BCUT2D eigenvalue weighted by Crippen LogP contribution is -2.17. The zero-order valence-electron chi connectivity index (χ0n) is 8.09. The van der Waals surface area contributed by atoms with Crippen LogP contribution < -0.4 is 5.32 Å². The first kappa shape index (κ1) is 8.75. The molecular formula is C10H17N3. The van der Waals surface area contributed by atoms with E-state index >= 15 is 0 Å². The molecule has 0 saturated heterocycles. The molecule has 2 unspecified atom stereocenters. The number of H-pyrrole nitrogens is 1. The van der Waals surface area contributed by atoms with Crippen molar-refractivity contribution in [2.75, 3.05) is 0 Å². The van der Waals surface area contributed by atoms with Crippen LogP contribution in [0.2, 0.25) is 0 Å². The minimum absolute atomic E-state index is 0.767.